The summed E-state index contributed by atoms with van der Waals surface area (Å²) in [6.07, 6.45) is 7.16. The van der Waals surface area contributed by atoms with E-state index in [-0.39, 0.29) is 6.09 Å². The van der Waals surface area contributed by atoms with Gasteiger partial charge in [0.05, 0.1) is 6.61 Å². The molecule has 152 valence electrons. The normalized spacial score (nSPS) is 31.3. The number of ether oxygens (including phenoxy) is 1. The Kier molecular flexibility index (Phi) is 4.74. The Morgan fingerprint density at radius 2 is 2.04 bits per heavy atom. The molecular weight excluding hydrogens is 350 g/mol. The number of hydrogen-bond donors (Lipinski definition) is 1. The molecule has 2 saturated heterocycles. The molecular formula is C23H33N3O2. The molecule has 1 saturated carbocycles. The van der Waals surface area contributed by atoms with Crippen LogP contribution in [-0.2, 0) is 10.2 Å². The molecule has 4 aliphatic rings. The minimum absolute atomic E-state index is 0.0934. The highest BCUT2D eigenvalue weighted by atomic mass is 16.6. The van der Waals surface area contributed by atoms with Crippen molar-refractivity contribution in [2.24, 2.45) is 5.92 Å². The molecule has 1 spiro atoms. The number of carbonyl (C=O) groups excluding carboxylic acids is 1. The molecule has 1 aliphatic carbocycles. The number of likely N-dealkylation sites (tertiary alicyclic amines) is 2. The SMILES string of the molecule is CCOC(=O)N1CCCC2CC(N3CCC4(CC3)CNc3ccccc34)CC21. The van der Waals surface area contributed by atoms with Gasteiger partial charge in [0, 0.05) is 36.3 Å². The Morgan fingerprint density at radius 3 is 2.86 bits per heavy atom. The lowest BCUT2D eigenvalue weighted by Gasteiger charge is -2.42. The summed E-state index contributed by atoms with van der Waals surface area (Å²) in [5.74, 6) is 0.660. The van der Waals surface area contributed by atoms with E-state index in [9.17, 15) is 4.79 Å². The van der Waals surface area contributed by atoms with E-state index in [1.165, 1.54) is 50.0 Å². The van der Waals surface area contributed by atoms with Gasteiger partial charge in [0.2, 0.25) is 0 Å². The predicted molar refractivity (Wildman–Crippen MR) is 111 cm³/mol. The van der Waals surface area contributed by atoms with Crippen LogP contribution in [0.2, 0.25) is 0 Å². The second-order valence-corrected chi connectivity index (χ2v) is 9.20. The Hall–Kier alpha value is -1.75. The van der Waals surface area contributed by atoms with Gasteiger partial charge in [-0.05, 0) is 76.1 Å². The molecule has 1 amide bonds. The largest absolute Gasteiger partial charge is 0.450 e. The quantitative estimate of drug-likeness (QED) is 0.843. The predicted octanol–water partition coefficient (Wildman–Crippen LogP) is 3.85. The van der Waals surface area contributed by atoms with E-state index in [0.717, 1.165) is 25.9 Å². The number of piperidine rings is 2. The topological polar surface area (TPSA) is 44.8 Å². The Morgan fingerprint density at radius 1 is 1.21 bits per heavy atom. The van der Waals surface area contributed by atoms with Gasteiger partial charge in [0.25, 0.3) is 0 Å². The van der Waals surface area contributed by atoms with Crippen LogP contribution >= 0.6 is 0 Å². The summed E-state index contributed by atoms with van der Waals surface area (Å²) in [4.78, 5) is 17.2. The van der Waals surface area contributed by atoms with Crippen molar-refractivity contribution in [1.29, 1.82) is 0 Å². The second kappa shape index (κ2) is 7.25. The van der Waals surface area contributed by atoms with Crippen LogP contribution in [0.3, 0.4) is 0 Å². The first-order chi connectivity index (χ1) is 13.7. The first-order valence-corrected chi connectivity index (χ1v) is 11.2. The zero-order valence-electron chi connectivity index (χ0n) is 17.0. The van der Waals surface area contributed by atoms with Crippen molar-refractivity contribution in [3.05, 3.63) is 29.8 Å². The van der Waals surface area contributed by atoms with Gasteiger partial charge in [0.15, 0.2) is 0 Å². The molecule has 3 aliphatic heterocycles. The maximum atomic E-state index is 12.4. The summed E-state index contributed by atoms with van der Waals surface area (Å²) in [6, 6.07) is 9.89. The van der Waals surface area contributed by atoms with Crippen molar-refractivity contribution in [3.63, 3.8) is 0 Å². The van der Waals surface area contributed by atoms with Crippen molar-refractivity contribution in [3.8, 4) is 0 Å². The standard InChI is InChI=1S/C23H33N3O2/c1-2-28-22(27)26-11-5-6-17-14-18(15-21(17)26)25-12-9-23(10-13-25)16-24-20-8-4-3-7-19(20)23/h3-4,7-8,17-18,21,24H,2,5-6,9-16H2,1H3. The third kappa shape index (κ3) is 2.99. The third-order valence-electron chi connectivity index (χ3n) is 7.90. The Balaban J connectivity index is 1.24. The lowest BCUT2D eigenvalue weighted by Crippen LogP contribution is -2.48. The van der Waals surface area contributed by atoms with Crippen molar-refractivity contribution < 1.29 is 9.53 Å². The molecule has 3 unspecified atom stereocenters. The lowest BCUT2D eigenvalue weighted by atomic mass is 9.74. The summed E-state index contributed by atoms with van der Waals surface area (Å²) < 4.78 is 5.33. The highest BCUT2D eigenvalue weighted by molar-refractivity contribution is 5.68. The van der Waals surface area contributed by atoms with Gasteiger partial charge in [-0.25, -0.2) is 4.79 Å². The van der Waals surface area contributed by atoms with Gasteiger partial charge in [-0.2, -0.15) is 0 Å². The highest BCUT2D eigenvalue weighted by Gasteiger charge is 2.47. The Bertz CT molecular complexity index is 728. The molecule has 5 rings (SSSR count). The van der Waals surface area contributed by atoms with E-state index in [4.69, 9.17) is 4.74 Å². The number of para-hydroxylation sites is 1. The molecule has 3 atom stereocenters. The lowest BCUT2D eigenvalue weighted by molar-refractivity contribution is 0.0634. The minimum Gasteiger partial charge on any atom is -0.450 e. The summed E-state index contributed by atoms with van der Waals surface area (Å²) in [6.45, 7) is 6.69. The van der Waals surface area contributed by atoms with Gasteiger partial charge in [0.1, 0.15) is 0 Å². The number of hydrogen-bond acceptors (Lipinski definition) is 4. The first-order valence-electron chi connectivity index (χ1n) is 11.2. The van der Waals surface area contributed by atoms with E-state index in [1.54, 1.807) is 0 Å². The minimum atomic E-state index is -0.0934. The highest BCUT2D eigenvalue weighted by Crippen LogP contribution is 2.46. The molecule has 5 heteroatoms. The summed E-state index contributed by atoms with van der Waals surface area (Å²) in [7, 11) is 0. The number of carbonyl (C=O) groups is 1. The number of amides is 1. The molecule has 5 nitrogen and oxygen atoms in total. The van der Waals surface area contributed by atoms with E-state index in [0.29, 0.717) is 30.0 Å². The third-order valence-corrected chi connectivity index (χ3v) is 7.90. The second-order valence-electron chi connectivity index (χ2n) is 9.20. The van der Waals surface area contributed by atoms with Gasteiger partial charge < -0.3 is 19.9 Å². The van der Waals surface area contributed by atoms with Gasteiger partial charge >= 0.3 is 6.09 Å². The fourth-order valence-corrected chi connectivity index (χ4v) is 6.41. The molecule has 1 aromatic rings. The van der Waals surface area contributed by atoms with Gasteiger partial charge in [-0.15, -0.1) is 0 Å². The van der Waals surface area contributed by atoms with Crippen LogP contribution in [0.1, 0.15) is 51.0 Å². The molecule has 3 heterocycles. The number of rotatable bonds is 2. The average Bonchev–Trinajstić information content (AvgIpc) is 3.31. The number of nitrogens with zero attached hydrogens (tertiary/aromatic N) is 2. The van der Waals surface area contributed by atoms with Crippen molar-refractivity contribution in [1.82, 2.24) is 9.80 Å². The molecule has 28 heavy (non-hydrogen) atoms. The number of nitrogens with one attached hydrogen (secondary N) is 1. The fraction of sp³-hybridized carbons (Fsp3) is 0.696. The van der Waals surface area contributed by atoms with Crippen LogP contribution < -0.4 is 5.32 Å². The maximum absolute atomic E-state index is 12.4. The summed E-state index contributed by atoms with van der Waals surface area (Å²) in [5.41, 5.74) is 3.20. The first kappa shape index (κ1) is 18.3. The maximum Gasteiger partial charge on any atom is 0.410 e. The summed E-state index contributed by atoms with van der Waals surface area (Å²) in [5, 5.41) is 3.64. The van der Waals surface area contributed by atoms with E-state index in [1.807, 2.05) is 11.8 Å². The van der Waals surface area contributed by atoms with Crippen molar-refractivity contribution in [2.45, 2.75) is 62.9 Å². The van der Waals surface area contributed by atoms with Crippen LogP contribution in [0.5, 0.6) is 0 Å². The molecule has 1 N–H and O–H groups in total. The molecule has 1 aromatic carbocycles. The van der Waals surface area contributed by atoms with Gasteiger partial charge in [-0.1, -0.05) is 18.2 Å². The molecule has 0 bridgehead atoms. The smallest absolute Gasteiger partial charge is 0.410 e. The zero-order chi connectivity index (χ0) is 19.1. The molecule has 3 fully saturated rings. The van der Waals surface area contributed by atoms with Crippen molar-refractivity contribution >= 4 is 11.8 Å². The van der Waals surface area contributed by atoms with Crippen LogP contribution in [0.25, 0.3) is 0 Å². The van der Waals surface area contributed by atoms with E-state index >= 15 is 0 Å². The van der Waals surface area contributed by atoms with Crippen LogP contribution in [0.4, 0.5) is 10.5 Å². The number of benzene rings is 1. The zero-order valence-corrected chi connectivity index (χ0v) is 17.0. The van der Waals surface area contributed by atoms with Crippen LogP contribution in [-0.4, -0.2) is 60.8 Å². The van der Waals surface area contributed by atoms with Gasteiger partial charge in [-0.3, -0.25) is 0 Å². The Labute approximate surface area is 168 Å². The summed E-state index contributed by atoms with van der Waals surface area (Å²) >= 11 is 0. The van der Waals surface area contributed by atoms with Crippen molar-refractivity contribution in [2.75, 3.05) is 38.1 Å². The molecule has 0 radical (unpaired) electrons. The monoisotopic (exact) mass is 383 g/mol. The van der Waals surface area contributed by atoms with E-state index in [2.05, 4.69) is 34.5 Å². The van der Waals surface area contributed by atoms with Crippen LogP contribution in [0, 0.1) is 5.92 Å². The number of anilines is 1. The molecule has 0 aromatic heterocycles. The van der Waals surface area contributed by atoms with E-state index < -0.39 is 0 Å². The number of fused-ring (bicyclic) bond motifs is 3. The fourth-order valence-electron chi connectivity index (χ4n) is 6.41. The van der Waals surface area contributed by atoms with Crippen LogP contribution in [0.15, 0.2) is 24.3 Å². The average molecular weight is 384 g/mol.